The number of amides is 1. The lowest BCUT2D eigenvalue weighted by Crippen LogP contribution is -2.43. The van der Waals surface area contributed by atoms with Gasteiger partial charge in [-0.05, 0) is 41.8 Å². The van der Waals surface area contributed by atoms with Crippen molar-refractivity contribution in [2.24, 2.45) is 0 Å². The summed E-state index contributed by atoms with van der Waals surface area (Å²) in [6.07, 6.45) is 0.604. The average molecular weight is 454 g/mol. The van der Waals surface area contributed by atoms with Crippen LogP contribution in [0.2, 0.25) is 0 Å². The first kappa shape index (κ1) is 21.3. The van der Waals surface area contributed by atoms with Gasteiger partial charge in [0, 0.05) is 24.5 Å². The molecule has 0 unspecified atom stereocenters. The molecule has 0 fully saturated rings. The van der Waals surface area contributed by atoms with Gasteiger partial charge in [0.05, 0.1) is 5.52 Å². The highest BCUT2D eigenvalue weighted by Crippen LogP contribution is 2.16. The second kappa shape index (κ2) is 9.45. The Balaban J connectivity index is 1.64. The summed E-state index contributed by atoms with van der Waals surface area (Å²) >= 11 is 2.90. The molecule has 0 aliphatic heterocycles. The van der Waals surface area contributed by atoms with Crippen LogP contribution in [-0.4, -0.2) is 26.5 Å². The molecule has 0 saturated heterocycles. The van der Waals surface area contributed by atoms with E-state index >= 15 is 0 Å². The molecule has 8 heteroatoms. The Morgan fingerprint density at radius 3 is 2.48 bits per heavy atom. The summed E-state index contributed by atoms with van der Waals surface area (Å²) in [5, 5.41) is 3.77. The van der Waals surface area contributed by atoms with E-state index in [0.29, 0.717) is 36.3 Å². The Morgan fingerprint density at radius 2 is 1.77 bits per heavy atom. The topological polar surface area (TPSA) is 64.3 Å². The third-order valence-corrected chi connectivity index (χ3v) is 7.07. The molecule has 3 heterocycles. The predicted molar refractivity (Wildman–Crippen MR) is 126 cm³/mol. The lowest BCUT2D eigenvalue weighted by atomic mass is 10.2. The second-order valence-electron chi connectivity index (χ2n) is 7.18. The Hall–Kier alpha value is -2.97. The summed E-state index contributed by atoms with van der Waals surface area (Å²) < 4.78 is 3.21. The van der Waals surface area contributed by atoms with Gasteiger partial charge >= 0.3 is 5.69 Å². The van der Waals surface area contributed by atoms with Crippen LogP contribution in [0.4, 0.5) is 0 Å². The highest BCUT2D eigenvalue weighted by atomic mass is 32.1. The van der Waals surface area contributed by atoms with Gasteiger partial charge in [0.15, 0.2) is 0 Å². The lowest BCUT2D eigenvalue weighted by molar-refractivity contribution is -0.132. The quantitative estimate of drug-likeness (QED) is 0.410. The Morgan fingerprint density at radius 1 is 0.968 bits per heavy atom. The molecule has 0 radical (unpaired) electrons. The molecular weight excluding hydrogens is 430 g/mol. The van der Waals surface area contributed by atoms with Crippen molar-refractivity contribution in [3.05, 3.63) is 90.6 Å². The Kier molecular flexibility index (Phi) is 6.48. The van der Waals surface area contributed by atoms with Crippen LogP contribution < -0.4 is 11.2 Å². The van der Waals surface area contributed by atoms with Gasteiger partial charge in [-0.1, -0.05) is 36.4 Å². The van der Waals surface area contributed by atoms with Gasteiger partial charge in [-0.25, -0.2) is 4.79 Å². The normalized spacial score (nSPS) is 11.1. The number of carbonyl (C=O) groups is 1. The van der Waals surface area contributed by atoms with Gasteiger partial charge in [0.2, 0.25) is 5.91 Å². The van der Waals surface area contributed by atoms with E-state index in [1.807, 2.05) is 54.8 Å². The first-order chi connectivity index (χ1) is 15.1. The molecule has 0 aliphatic rings. The maximum absolute atomic E-state index is 13.2. The summed E-state index contributed by atoms with van der Waals surface area (Å²) in [5.41, 5.74) is 0.839. The first-order valence-electron chi connectivity index (χ1n) is 10.1. The fourth-order valence-corrected chi connectivity index (χ4v) is 5.12. The molecule has 1 amide bonds. The average Bonchev–Trinajstić information content (AvgIpc) is 3.48. The minimum atomic E-state index is -0.434. The minimum absolute atomic E-state index is 0.0912. The number of benzene rings is 1. The fourth-order valence-electron chi connectivity index (χ4n) is 3.58. The molecule has 1 aromatic carbocycles. The van der Waals surface area contributed by atoms with Crippen molar-refractivity contribution < 1.29 is 4.79 Å². The molecule has 3 aromatic heterocycles. The van der Waals surface area contributed by atoms with Crippen molar-refractivity contribution >= 4 is 38.8 Å². The van der Waals surface area contributed by atoms with Crippen LogP contribution in [0.15, 0.2) is 68.9 Å². The number of hydrogen-bond donors (Lipinski definition) is 0. The zero-order valence-electron chi connectivity index (χ0n) is 17.2. The molecule has 0 spiro atoms. The van der Waals surface area contributed by atoms with Crippen LogP contribution in [-0.2, 0) is 30.8 Å². The predicted octanol–water partition coefficient (Wildman–Crippen LogP) is 3.58. The van der Waals surface area contributed by atoms with E-state index < -0.39 is 5.69 Å². The Bertz CT molecular complexity index is 1290. The van der Waals surface area contributed by atoms with Crippen LogP contribution in [0.5, 0.6) is 0 Å². The summed E-state index contributed by atoms with van der Waals surface area (Å²) in [6.45, 7) is 3.14. The highest BCUT2D eigenvalue weighted by Gasteiger charge is 2.19. The number of aromatic nitrogens is 2. The molecule has 6 nitrogen and oxygen atoms in total. The van der Waals surface area contributed by atoms with Crippen molar-refractivity contribution in [2.75, 3.05) is 6.54 Å². The number of hydrogen-bond acceptors (Lipinski definition) is 5. The summed E-state index contributed by atoms with van der Waals surface area (Å²) in [6, 6.07) is 15.5. The molecule has 160 valence electrons. The van der Waals surface area contributed by atoms with Gasteiger partial charge in [0.25, 0.3) is 5.56 Å². The number of likely N-dealkylation sites (N-methyl/N-ethyl adjacent to an activating group) is 1. The molecule has 0 atom stereocenters. The monoisotopic (exact) mass is 453 g/mol. The maximum atomic E-state index is 13.2. The SMILES string of the molecule is CCN(Cc1ccccc1)C(=O)Cn1c(=O)n(CCc2cccs2)c(=O)c2sccc21. The molecule has 4 aromatic rings. The van der Waals surface area contributed by atoms with Gasteiger partial charge < -0.3 is 4.90 Å². The van der Waals surface area contributed by atoms with Gasteiger partial charge in [0.1, 0.15) is 11.2 Å². The van der Waals surface area contributed by atoms with Crippen LogP contribution in [0.1, 0.15) is 17.4 Å². The van der Waals surface area contributed by atoms with Crippen LogP contribution in [0.25, 0.3) is 10.2 Å². The van der Waals surface area contributed by atoms with E-state index in [9.17, 15) is 14.4 Å². The molecule has 0 N–H and O–H groups in total. The van der Waals surface area contributed by atoms with Crippen LogP contribution in [0, 0.1) is 0 Å². The molecule has 0 aliphatic carbocycles. The first-order valence-corrected chi connectivity index (χ1v) is 11.9. The second-order valence-corrected chi connectivity index (χ2v) is 9.13. The number of nitrogens with zero attached hydrogens (tertiary/aromatic N) is 3. The van der Waals surface area contributed by atoms with E-state index in [1.54, 1.807) is 27.7 Å². The van der Waals surface area contributed by atoms with E-state index in [4.69, 9.17) is 0 Å². The standard InChI is InChI=1S/C23H23N3O3S2/c1-2-24(15-17-7-4-3-5-8-17)20(27)16-26-19-11-14-31-21(19)22(28)25(23(26)29)12-10-18-9-6-13-30-18/h3-9,11,13-14H,2,10,12,15-16H2,1H3. The molecule has 0 bridgehead atoms. The van der Waals surface area contributed by atoms with E-state index in [1.165, 1.54) is 20.5 Å². The third kappa shape index (κ3) is 4.55. The summed E-state index contributed by atoms with van der Waals surface area (Å²) in [4.78, 5) is 42.1. The number of thiophene rings is 2. The highest BCUT2D eigenvalue weighted by molar-refractivity contribution is 7.17. The zero-order valence-corrected chi connectivity index (χ0v) is 18.8. The molecule has 0 saturated carbocycles. The summed E-state index contributed by atoms with van der Waals surface area (Å²) in [5.74, 6) is -0.149. The molecule has 4 rings (SSSR count). The van der Waals surface area contributed by atoms with Gasteiger partial charge in [-0.15, -0.1) is 22.7 Å². The smallest absolute Gasteiger partial charge is 0.332 e. The van der Waals surface area contributed by atoms with Crippen molar-refractivity contribution in [1.29, 1.82) is 0 Å². The number of fused-ring (bicyclic) bond motifs is 1. The maximum Gasteiger partial charge on any atom is 0.332 e. The van der Waals surface area contributed by atoms with E-state index in [0.717, 1.165) is 10.4 Å². The zero-order chi connectivity index (χ0) is 21.8. The van der Waals surface area contributed by atoms with Crippen molar-refractivity contribution in [2.45, 2.75) is 33.0 Å². The van der Waals surface area contributed by atoms with Crippen LogP contribution in [0.3, 0.4) is 0 Å². The van der Waals surface area contributed by atoms with Crippen molar-refractivity contribution in [3.8, 4) is 0 Å². The molecule has 31 heavy (non-hydrogen) atoms. The number of aryl methyl sites for hydroxylation is 1. The van der Waals surface area contributed by atoms with Crippen LogP contribution >= 0.6 is 22.7 Å². The fraction of sp³-hybridized carbons (Fsp3) is 0.261. The Labute approximate surface area is 187 Å². The minimum Gasteiger partial charge on any atom is -0.337 e. The van der Waals surface area contributed by atoms with Gasteiger partial charge in [-0.2, -0.15) is 0 Å². The third-order valence-electron chi connectivity index (χ3n) is 5.24. The lowest BCUT2D eigenvalue weighted by Gasteiger charge is -2.22. The number of rotatable bonds is 8. The van der Waals surface area contributed by atoms with E-state index in [-0.39, 0.29) is 18.0 Å². The number of carbonyl (C=O) groups excluding carboxylic acids is 1. The summed E-state index contributed by atoms with van der Waals surface area (Å²) in [7, 11) is 0. The van der Waals surface area contributed by atoms with Crippen molar-refractivity contribution in [3.63, 3.8) is 0 Å². The largest absolute Gasteiger partial charge is 0.337 e. The van der Waals surface area contributed by atoms with Crippen molar-refractivity contribution in [1.82, 2.24) is 14.0 Å². The van der Waals surface area contributed by atoms with E-state index in [2.05, 4.69) is 0 Å². The molecular formula is C23H23N3O3S2. The van der Waals surface area contributed by atoms with Gasteiger partial charge in [-0.3, -0.25) is 18.7 Å².